The fraction of sp³-hybridized carbons (Fsp3) is 0.286. The Kier molecular flexibility index (Phi) is 3.26. The Morgan fingerprint density at radius 2 is 1.65 bits per heavy atom. The van der Waals surface area contributed by atoms with Crippen LogP contribution in [0.3, 0.4) is 0 Å². The summed E-state index contributed by atoms with van der Waals surface area (Å²) in [5.74, 6) is 0.327. The van der Waals surface area contributed by atoms with Crippen molar-refractivity contribution in [1.82, 2.24) is 9.47 Å². The van der Waals surface area contributed by atoms with Crippen molar-refractivity contribution in [1.29, 1.82) is 0 Å². The van der Waals surface area contributed by atoms with Gasteiger partial charge in [-0.2, -0.15) is 0 Å². The van der Waals surface area contributed by atoms with Gasteiger partial charge in [-0.25, -0.2) is 0 Å². The van der Waals surface area contributed by atoms with Crippen molar-refractivity contribution in [3.63, 3.8) is 0 Å². The minimum Gasteiger partial charge on any atom is -0.367 e. The Labute approximate surface area is 150 Å². The van der Waals surface area contributed by atoms with E-state index in [1.807, 2.05) is 10.6 Å². The molecule has 1 aromatic carbocycles. The zero-order valence-corrected chi connectivity index (χ0v) is 14.2. The van der Waals surface area contributed by atoms with E-state index < -0.39 is 0 Å². The summed E-state index contributed by atoms with van der Waals surface area (Å²) in [5, 5.41) is 0. The number of allylic oxidation sites excluding steroid dienone is 2. The topological polar surface area (TPSA) is 59.4 Å². The zero-order valence-electron chi connectivity index (χ0n) is 14.2. The summed E-state index contributed by atoms with van der Waals surface area (Å²) in [7, 11) is 0. The summed E-state index contributed by atoms with van der Waals surface area (Å²) >= 11 is 0. The average molecular weight is 346 g/mol. The molecule has 2 aromatic rings. The van der Waals surface area contributed by atoms with Gasteiger partial charge in [-0.3, -0.25) is 14.4 Å². The number of hydrogen-bond donors (Lipinski definition) is 0. The summed E-state index contributed by atoms with van der Waals surface area (Å²) in [6, 6.07) is 12.4. The maximum atomic E-state index is 13.0. The number of carbonyl (C=O) groups is 2. The van der Waals surface area contributed by atoms with E-state index in [1.165, 1.54) is 6.08 Å². The normalized spacial score (nSPS) is 24.0. The highest BCUT2D eigenvalue weighted by atomic mass is 16.1. The highest BCUT2D eigenvalue weighted by Crippen LogP contribution is 2.37. The SMILES string of the molecule is O=C1C=C(N2CC3CC(C2)c2cccc(=O)n2C3)C(=O)c2ccccc21. The molecule has 0 N–H and O–H groups in total. The van der Waals surface area contributed by atoms with Crippen LogP contribution in [0.5, 0.6) is 0 Å². The number of likely N-dealkylation sites (tertiary alicyclic amines) is 1. The van der Waals surface area contributed by atoms with Gasteiger partial charge in [-0.05, 0) is 18.4 Å². The fourth-order valence-electron chi connectivity index (χ4n) is 4.63. The fourth-order valence-corrected chi connectivity index (χ4v) is 4.63. The molecule has 1 aromatic heterocycles. The van der Waals surface area contributed by atoms with E-state index in [4.69, 9.17) is 0 Å². The summed E-state index contributed by atoms with van der Waals surface area (Å²) in [6.45, 7) is 2.03. The first-order valence-corrected chi connectivity index (χ1v) is 8.96. The van der Waals surface area contributed by atoms with Gasteiger partial charge in [0.15, 0.2) is 5.78 Å². The van der Waals surface area contributed by atoms with Crippen LogP contribution in [0.25, 0.3) is 0 Å². The van der Waals surface area contributed by atoms with Gasteiger partial charge >= 0.3 is 0 Å². The van der Waals surface area contributed by atoms with Crippen LogP contribution in [-0.2, 0) is 6.54 Å². The number of pyridine rings is 1. The molecular formula is C21H18N2O3. The quantitative estimate of drug-likeness (QED) is 0.794. The van der Waals surface area contributed by atoms with Crippen LogP contribution < -0.4 is 5.56 Å². The van der Waals surface area contributed by atoms with Crippen LogP contribution in [0.2, 0.25) is 0 Å². The molecular weight excluding hydrogens is 328 g/mol. The van der Waals surface area contributed by atoms with E-state index in [2.05, 4.69) is 4.90 Å². The average Bonchev–Trinajstić information content (AvgIpc) is 2.65. The summed E-state index contributed by atoms with van der Waals surface area (Å²) in [5.41, 5.74) is 2.55. The van der Waals surface area contributed by atoms with Gasteiger partial charge in [-0.1, -0.05) is 30.3 Å². The molecule has 130 valence electrons. The number of piperidine rings is 1. The molecule has 0 saturated carbocycles. The lowest BCUT2D eigenvalue weighted by Crippen LogP contribution is -2.48. The Balaban J connectivity index is 1.51. The minimum absolute atomic E-state index is 0.0442. The smallest absolute Gasteiger partial charge is 0.250 e. The van der Waals surface area contributed by atoms with Gasteiger partial charge in [-0.15, -0.1) is 0 Å². The molecule has 5 heteroatoms. The predicted molar refractivity (Wildman–Crippen MR) is 96.3 cm³/mol. The molecule has 1 aliphatic carbocycles. The summed E-state index contributed by atoms with van der Waals surface area (Å²) in [6.07, 6.45) is 2.51. The van der Waals surface area contributed by atoms with E-state index >= 15 is 0 Å². The molecule has 0 amide bonds. The molecule has 2 unspecified atom stereocenters. The molecule has 26 heavy (non-hydrogen) atoms. The lowest BCUT2D eigenvalue weighted by molar-refractivity contribution is 0.0899. The number of aromatic nitrogens is 1. The third-order valence-electron chi connectivity index (χ3n) is 5.76. The summed E-state index contributed by atoms with van der Waals surface area (Å²) in [4.78, 5) is 39.6. The number of Topliss-reactive ketones (excluding diaryl/α,β-unsaturated/α-hetero) is 1. The standard InChI is InChI=1S/C21H18N2O3/c24-19-9-18(21(26)16-5-2-1-4-15(16)19)22-10-13-8-14(12-22)17-6-3-7-20(25)23(17)11-13/h1-7,9,13-14H,8,10-12H2. The Hall–Kier alpha value is -2.95. The number of nitrogens with zero attached hydrogens (tertiary/aromatic N) is 2. The second-order valence-electron chi connectivity index (χ2n) is 7.37. The number of rotatable bonds is 1. The van der Waals surface area contributed by atoms with Crippen molar-refractivity contribution in [3.05, 3.63) is 81.4 Å². The van der Waals surface area contributed by atoms with Crippen molar-refractivity contribution in [2.75, 3.05) is 13.1 Å². The van der Waals surface area contributed by atoms with E-state index in [-0.39, 0.29) is 23.0 Å². The number of ketones is 2. The molecule has 5 nitrogen and oxygen atoms in total. The largest absolute Gasteiger partial charge is 0.367 e. The van der Waals surface area contributed by atoms with Gasteiger partial charge in [0.1, 0.15) is 0 Å². The van der Waals surface area contributed by atoms with Gasteiger partial charge in [0, 0.05) is 54.5 Å². The van der Waals surface area contributed by atoms with Gasteiger partial charge in [0.2, 0.25) is 5.78 Å². The zero-order chi connectivity index (χ0) is 17.8. The Morgan fingerprint density at radius 1 is 0.846 bits per heavy atom. The van der Waals surface area contributed by atoms with Crippen LogP contribution >= 0.6 is 0 Å². The van der Waals surface area contributed by atoms with E-state index in [0.717, 1.165) is 12.1 Å². The van der Waals surface area contributed by atoms with Crippen LogP contribution in [0.15, 0.2) is 59.0 Å². The molecule has 0 radical (unpaired) electrons. The molecule has 1 saturated heterocycles. The number of fused-ring (bicyclic) bond motifs is 5. The van der Waals surface area contributed by atoms with Crippen LogP contribution in [0.4, 0.5) is 0 Å². The molecule has 2 atom stereocenters. The highest BCUT2D eigenvalue weighted by Gasteiger charge is 2.38. The third kappa shape index (κ3) is 2.20. The lowest BCUT2D eigenvalue weighted by Gasteiger charge is -2.44. The van der Waals surface area contributed by atoms with Crippen LogP contribution in [-0.4, -0.2) is 34.1 Å². The second kappa shape index (κ2) is 5.53. The molecule has 3 heterocycles. The third-order valence-corrected chi connectivity index (χ3v) is 5.76. The van der Waals surface area contributed by atoms with Crippen LogP contribution in [0, 0.1) is 5.92 Å². The number of benzene rings is 1. The maximum Gasteiger partial charge on any atom is 0.250 e. The van der Waals surface area contributed by atoms with Crippen molar-refractivity contribution in [2.45, 2.75) is 18.9 Å². The van der Waals surface area contributed by atoms with E-state index in [0.29, 0.717) is 42.4 Å². The van der Waals surface area contributed by atoms with Crippen molar-refractivity contribution >= 4 is 11.6 Å². The lowest BCUT2D eigenvalue weighted by atomic mass is 9.82. The first kappa shape index (κ1) is 15.3. The molecule has 5 rings (SSSR count). The van der Waals surface area contributed by atoms with Crippen molar-refractivity contribution in [2.24, 2.45) is 5.92 Å². The van der Waals surface area contributed by atoms with Crippen molar-refractivity contribution < 1.29 is 9.59 Å². The Bertz CT molecular complexity index is 1030. The number of carbonyl (C=O) groups excluding carboxylic acids is 2. The van der Waals surface area contributed by atoms with E-state index in [1.54, 1.807) is 36.4 Å². The van der Waals surface area contributed by atoms with E-state index in [9.17, 15) is 14.4 Å². The molecule has 0 spiro atoms. The summed E-state index contributed by atoms with van der Waals surface area (Å²) < 4.78 is 1.87. The first-order chi connectivity index (χ1) is 12.6. The van der Waals surface area contributed by atoms with Gasteiger partial charge in [0.25, 0.3) is 5.56 Å². The monoisotopic (exact) mass is 346 g/mol. The predicted octanol–water partition coefficient (Wildman–Crippen LogP) is 2.23. The van der Waals surface area contributed by atoms with Crippen molar-refractivity contribution in [3.8, 4) is 0 Å². The first-order valence-electron chi connectivity index (χ1n) is 8.96. The Morgan fingerprint density at radius 3 is 2.50 bits per heavy atom. The van der Waals surface area contributed by atoms with Crippen LogP contribution in [0.1, 0.15) is 38.7 Å². The van der Waals surface area contributed by atoms with Gasteiger partial charge in [0.05, 0.1) is 5.70 Å². The molecule has 1 fully saturated rings. The minimum atomic E-state index is -0.109. The van der Waals surface area contributed by atoms with Gasteiger partial charge < -0.3 is 9.47 Å². The molecule has 2 aliphatic heterocycles. The number of hydrogen-bond acceptors (Lipinski definition) is 4. The second-order valence-corrected chi connectivity index (χ2v) is 7.37. The highest BCUT2D eigenvalue weighted by molar-refractivity contribution is 6.24. The molecule has 3 aliphatic rings. The maximum absolute atomic E-state index is 13.0. The molecule has 2 bridgehead atoms.